The average molecular weight is 168 g/mol. The first-order chi connectivity index (χ1) is 5.61. The molecule has 4 atom stereocenters. The van der Waals surface area contributed by atoms with E-state index in [1.807, 2.05) is 0 Å². The molecule has 1 N–H and O–H groups in total. The SMILES string of the molecule is CC(=O)[C@@H]1C[C@@H]2[C@H](C1)[C@H]2C(=O)O. The van der Waals surface area contributed by atoms with E-state index in [1.165, 1.54) is 0 Å². The molecule has 2 saturated carbocycles. The number of aliphatic carboxylic acids is 1. The second-order valence-corrected chi connectivity index (χ2v) is 3.97. The summed E-state index contributed by atoms with van der Waals surface area (Å²) in [7, 11) is 0. The fourth-order valence-electron chi connectivity index (χ4n) is 2.54. The van der Waals surface area contributed by atoms with Gasteiger partial charge in [-0.15, -0.1) is 0 Å². The molecule has 12 heavy (non-hydrogen) atoms. The first-order valence-corrected chi connectivity index (χ1v) is 4.34. The van der Waals surface area contributed by atoms with E-state index in [9.17, 15) is 9.59 Å². The number of carboxylic acid groups (broad SMARTS) is 1. The molecule has 66 valence electrons. The Labute approximate surface area is 70.8 Å². The van der Waals surface area contributed by atoms with Crippen molar-refractivity contribution in [3.63, 3.8) is 0 Å². The van der Waals surface area contributed by atoms with Crippen LogP contribution in [0, 0.1) is 23.7 Å². The van der Waals surface area contributed by atoms with Crippen LogP contribution in [0.5, 0.6) is 0 Å². The molecule has 2 rings (SSSR count). The van der Waals surface area contributed by atoms with Crippen molar-refractivity contribution in [1.82, 2.24) is 0 Å². The molecule has 0 heterocycles. The number of carbonyl (C=O) groups is 2. The van der Waals surface area contributed by atoms with Gasteiger partial charge in [0.2, 0.25) is 0 Å². The Hall–Kier alpha value is -0.860. The molecular formula is C9H12O3. The van der Waals surface area contributed by atoms with Gasteiger partial charge in [0.25, 0.3) is 0 Å². The number of ketones is 1. The molecule has 3 heteroatoms. The highest BCUT2D eigenvalue weighted by Gasteiger charge is 2.60. The molecule has 2 aliphatic carbocycles. The molecule has 0 radical (unpaired) electrons. The number of Topliss-reactive ketones (excluding diaryl/α,β-unsaturated/α-hetero) is 1. The highest BCUT2D eigenvalue weighted by molar-refractivity contribution is 5.81. The molecule has 0 bridgehead atoms. The third-order valence-electron chi connectivity index (χ3n) is 3.31. The Morgan fingerprint density at radius 3 is 2.08 bits per heavy atom. The molecule has 0 aliphatic heterocycles. The molecule has 0 spiro atoms. The van der Waals surface area contributed by atoms with Crippen molar-refractivity contribution in [3.05, 3.63) is 0 Å². The number of carbonyl (C=O) groups excluding carboxylic acids is 1. The van der Waals surface area contributed by atoms with E-state index in [4.69, 9.17) is 5.11 Å². The zero-order valence-electron chi connectivity index (χ0n) is 6.99. The third kappa shape index (κ3) is 0.958. The van der Waals surface area contributed by atoms with Gasteiger partial charge in [0.05, 0.1) is 5.92 Å². The summed E-state index contributed by atoms with van der Waals surface area (Å²) in [5, 5.41) is 8.70. The van der Waals surface area contributed by atoms with Crippen molar-refractivity contribution >= 4 is 11.8 Å². The van der Waals surface area contributed by atoms with Crippen LogP contribution in [0.3, 0.4) is 0 Å². The van der Waals surface area contributed by atoms with Gasteiger partial charge in [-0.05, 0) is 31.6 Å². The Morgan fingerprint density at radius 1 is 1.25 bits per heavy atom. The smallest absolute Gasteiger partial charge is 0.307 e. The van der Waals surface area contributed by atoms with E-state index in [2.05, 4.69) is 0 Å². The van der Waals surface area contributed by atoms with Crippen molar-refractivity contribution in [1.29, 1.82) is 0 Å². The number of fused-ring (bicyclic) bond motifs is 1. The van der Waals surface area contributed by atoms with Crippen molar-refractivity contribution < 1.29 is 14.7 Å². The summed E-state index contributed by atoms with van der Waals surface area (Å²) >= 11 is 0. The molecule has 0 aromatic rings. The van der Waals surface area contributed by atoms with Gasteiger partial charge in [-0.3, -0.25) is 9.59 Å². The van der Waals surface area contributed by atoms with Crippen LogP contribution in [0.25, 0.3) is 0 Å². The third-order valence-corrected chi connectivity index (χ3v) is 3.31. The van der Waals surface area contributed by atoms with Crippen molar-refractivity contribution in [3.8, 4) is 0 Å². The van der Waals surface area contributed by atoms with Crippen molar-refractivity contribution in [2.24, 2.45) is 23.7 Å². The van der Waals surface area contributed by atoms with Gasteiger partial charge in [-0.2, -0.15) is 0 Å². The van der Waals surface area contributed by atoms with Crippen molar-refractivity contribution in [2.45, 2.75) is 19.8 Å². The summed E-state index contributed by atoms with van der Waals surface area (Å²) in [6.07, 6.45) is 1.63. The molecule has 3 nitrogen and oxygen atoms in total. The summed E-state index contributed by atoms with van der Waals surface area (Å²) in [6, 6.07) is 0. The zero-order valence-corrected chi connectivity index (χ0v) is 6.99. The second-order valence-electron chi connectivity index (χ2n) is 3.97. The minimum absolute atomic E-state index is 0.124. The van der Waals surface area contributed by atoms with E-state index in [1.54, 1.807) is 6.92 Å². The van der Waals surface area contributed by atoms with Gasteiger partial charge in [0.15, 0.2) is 0 Å². The van der Waals surface area contributed by atoms with Gasteiger partial charge in [0.1, 0.15) is 5.78 Å². The van der Waals surface area contributed by atoms with Gasteiger partial charge in [-0.1, -0.05) is 0 Å². The first-order valence-electron chi connectivity index (χ1n) is 4.34. The minimum atomic E-state index is -0.674. The second kappa shape index (κ2) is 2.31. The van der Waals surface area contributed by atoms with Crippen LogP contribution < -0.4 is 0 Å². The maximum absolute atomic E-state index is 10.9. The predicted octanol–water partition coefficient (Wildman–Crippen LogP) is 0.932. The molecular weight excluding hydrogens is 156 g/mol. The number of hydrogen-bond acceptors (Lipinski definition) is 2. The molecule has 0 aromatic heterocycles. The van der Waals surface area contributed by atoms with Crippen LogP contribution in [0.4, 0.5) is 0 Å². The van der Waals surface area contributed by atoms with E-state index in [-0.39, 0.29) is 17.6 Å². The Balaban J connectivity index is 1.94. The predicted molar refractivity (Wildman–Crippen MR) is 41.5 cm³/mol. The first kappa shape index (κ1) is 7.77. The summed E-state index contributed by atoms with van der Waals surface area (Å²) in [4.78, 5) is 21.5. The summed E-state index contributed by atoms with van der Waals surface area (Å²) < 4.78 is 0. The van der Waals surface area contributed by atoms with E-state index in [0.717, 1.165) is 12.8 Å². The fraction of sp³-hybridized carbons (Fsp3) is 0.778. The number of rotatable bonds is 2. The van der Waals surface area contributed by atoms with Crippen molar-refractivity contribution in [2.75, 3.05) is 0 Å². The lowest BCUT2D eigenvalue weighted by Gasteiger charge is -2.07. The Bertz CT molecular complexity index is 222. The van der Waals surface area contributed by atoms with Gasteiger partial charge in [0, 0.05) is 5.92 Å². The Kier molecular flexibility index (Phi) is 1.50. The highest BCUT2D eigenvalue weighted by atomic mass is 16.4. The van der Waals surface area contributed by atoms with E-state index < -0.39 is 5.97 Å². The number of carboxylic acids is 1. The topological polar surface area (TPSA) is 54.4 Å². The van der Waals surface area contributed by atoms with Crippen LogP contribution in [0.15, 0.2) is 0 Å². The molecule has 2 fully saturated rings. The largest absolute Gasteiger partial charge is 0.481 e. The fourth-order valence-corrected chi connectivity index (χ4v) is 2.54. The van der Waals surface area contributed by atoms with Gasteiger partial charge < -0.3 is 5.11 Å². The lowest BCUT2D eigenvalue weighted by Crippen LogP contribution is -2.13. The lowest BCUT2D eigenvalue weighted by atomic mass is 9.97. The maximum atomic E-state index is 10.9. The van der Waals surface area contributed by atoms with Gasteiger partial charge in [-0.25, -0.2) is 0 Å². The summed E-state index contributed by atoms with van der Waals surface area (Å²) in [6.45, 7) is 1.60. The molecule has 0 amide bonds. The normalized spacial score (nSPS) is 43.8. The van der Waals surface area contributed by atoms with Gasteiger partial charge >= 0.3 is 5.97 Å². The molecule has 0 aromatic carbocycles. The number of hydrogen-bond donors (Lipinski definition) is 1. The molecule has 0 saturated heterocycles. The van der Waals surface area contributed by atoms with E-state index >= 15 is 0 Å². The van der Waals surface area contributed by atoms with Crippen LogP contribution in [0.1, 0.15) is 19.8 Å². The molecule has 2 aliphatic rings. The van der Waals surface area contributed by atoms with Crippen LogP contribution >= 0.6 is 0 Å². The van der Waals surface area contributed by atoms with Crippen LogP contribution in [-0.4, -0.2) is 16.9 Å². The standard InChI is InChI=1S/C9H12O3/c1-4(10)5-2-6-7(3-5)8(6)9(11)12/h5-8H,2-3H2,1H3,(H,11,12)/t5-,6-,7+,8+. The van der Waals surface area contributed by atoms with Crippen LogP contribution in [-0.2, 0) is 9.59 Å². The lowest BCUT2D eigenvalue weighted by molar-refractivity contribution is -0.139. The quantitative estimate of drug-likeness (QED) is 0.667. The summed E-state index contributed by atoms with van der Waals surface area (Å²) in [5.74, 6) is 0.224. The van der Waals surface area contributed by atoms with Crippen LogP contribution in [0.2, 0.25) is 0 Å². The highest BCUT2D eigenvalue weighted by Crippen LogP contribution is 2.59. The monoisotopic (exact) mass is 168 g/mol. The maximum Gasteiger partial charge on any atom is 0.307 e. The summed E-state index contributed by atoms with van der Waals surface area (Å²) in [5.41, 5.74) is 0. The zero-order chi connectivity index (χ0) is 8.88. The average Bonchev–Trinajstić information content (AvgIpc) is 2.48. The minimum Gasteiger partial charge on any atom is -0.481 e. The van der Waals surface area contributed by atoms with E-state index in [0.29, 0.717) is 11.8 Å². The molecule has 0 unspecified atom stereocenters. The Morgan fingerprint density at radius 2 is 1.75 bits per heavy atom.